The van der Waals surface area contributed by atoms with Crippen molar-refractivity contribution in [1.82, 2.24) is 10.2 Å². The highest BCUT2D eigenvalue weighted by Crippen LogP contribution is 2.27. The van der Waals surface area contributed by atoms with Gasteiger partial charge in [0.2, 0.25) is 0 Å². The Morgan fingerprint density at radius 3 is 2.71 bits per heavy atom. The molecule has 1 unspecified atom stereocenters. The molecule has 2 nitrogen and oxygen atoms in total. The van der Waals surface area contributed by atoms with Gasteiger partial charge in [-0.2, -0.15) is 0 Å². The van der Waals surface area contributed by atoms with Gasteiger partial charge in [0.15, 0.2) is 0 Å². The van der Waals surface area contributed by atoms with E-state index in [0.717, 1.165) is 18.5 Å². The molecular weight excluding hydrogens is 208 g/mol. The van der Waals surface area contributed by atoms with Crippen LogP contribution in [0, 0.1) is 5.92 Å². The zero-order chi connectivity index (χ0) is 12.1. The van der Waals surface area contributed by atoms with Crippen molar-refractivity contribution in [2.45, 2.75) is 51.5 Å². The molecule has 98 valence electrons. The van der Waals surface area contributed by atoms with Crippen LogP contribution in [-0.4, -0.2) is 37.1 Å². The highest BCUT2D eigenvalue weighted by Gasteiger charge is 2.26. The van der Waals surface area contributed by atoms with Crippen LogP contribution < -0.4 is 5.32 Å². The normalized spacial score (nSPS) is 28.9. The Hall–Kier alpha value is -0.340. The standard InChI is InChI=1S/C15H28N2/c1-13(2)11-17-10-6-9-16-15(12-17)14-7-4-3-5-8-14/h14-16H,1,3-12H2,2H3. The molecule has 2 fully saturated rings. The maximum Gasteiger partial charge on any atom is 0.0223 e. The van der Waals surface area contributed by atoms with Crippen molar-refractivity contribution < 1.29 is 0 Å². The summed E-state index contributed by atoms with van der Waals surface area (Å²) in [6, 6.07) is 0.733. The molecule has 2 heteroatoms. The van der Waals surface area contributed by atoms with E-state index in [1.807, 2.05) is 0 Å². The van der Waals surface area contributed by atoms with Crippen LogP contribution in [-0.2, 0) is 0 Å². The Morgan fingerprint density at radius 2 is 2.00 bits per heavy atom. The van der Waals surface area contributed by atoms with E-state index in [4.69, 9.17) is 0 Å². The van der Waals surface area contributed by atoms with E-state index >= 15 is 0 Å². The minimum atomic E-state index is 0.733. The van der Waals surface area contributed by atoms with Crippen molar-refractivity contribution in [3.63, 3.8) is 0 Å². The van der Waals surface area contributed by atoms with Crippen molar-refractivity contribution in [1.29, 1.82) is 0 Å². The van der Waals surface area contributed by atoms with E-state index in [1.54, 1.807) is 0 Å². The Labute approximate surface area is 106 Å². The minimum Gasteiger partial charge on any atom is -0.312 e. The summed E-state index contributed by atoms with van der Waals surface area (Å²) in [5.41, 5.74) is 1.30. The fourth-order valence-electron chi connectivity index (χ4n) is 3.40. The van der Waals surface area contributed by atoms with Gasteiger partial charge in [0, 0.05) is 19.1 Å². The molecule has 1 atom stereocenters. The van der Waals surface area contributed by atoms with Gasteiger partial charge >= 0.3 is 0 Å². The first-order valence-corrected chi connectivity index (χ1v) is 7.36. The summed E-state index contributed by atoms with van der Waals surface area (Å²) in [6.45, 7) is 11.0. The van der Waals surface area contributed by atoms with Gasteiger partial charge in [-0.3, -0.25) is 4.90 Å². The Kier molecular flexibility index (Phi) is 5.05. The maximum absolute atomic E-state index is 4.06. The molecule has 1 aliphatic heterocycles. The molecule has 1 heterocycles. The van der Waals surface area contributed by atoms with Crippen LogP contribution in [0.1, 0.15) is 45.4 Å². The number of rotatable bonds is 3. The highest BCUT2D eigenvalue weighted by atomic mass is 15.2. The zero-order valence-corrected chi connectivity index (χ0v) is 11.4. The predicted molar refractivity (Wildman–Crippen MR) is 74.2 cm³/mol. The van der Waals surface area contributed by atoms with Crippen molar-refractivity contribution in [3.8, 4) is 0 Å². The van der Waals surface area contributed by atoms with Crippen molar-refractivity contribution in [2.75, 3.05) is 26.2 Å². The topological polar surface area (TPSA) is 15.3 Å². The smallest absolute Gasteiger partial charge is 0.0223 e. The first-order valence-electron chi connectivity index (χ1n) is 7.36. The van der Waals surface area contributed by atoms with Gasteiger partial charge in [0.25, 0.3) is 0 Å². The lowest BCUT2D eigenvalue weighted by atomic mass is 9.83. The molecule has 2 rings (SSSR count). The van der Waals surface area contributed by atoms with Crippen LogP contribution in [0.4, 0.5) is 0 Å². The van der Waals surface area contributed by atoms with Crippen molar-refractivity contribution >= 4 is 0 Å². The monoisotopic (exact) mass is 236 g/mol. The van der Waals surface area contributed by atoms with Gasteiger partial charge in [0.1, 0.15) is 0 Å². The molecule has 1 saturated carbocycles. The molecule has 0 aromatic carbocycles. The highest BCUT2D eigenvalue weighted by molar-refractivity contribution is 4.94. The largest absolute Gasteiger partial charge is 0.312 e. The first kappa shape index (κ1) is 13.1. The molecule has 0 spiro atoms. The number of hydrogen-bond acceptors (Lipinski definition) is 2. The van der Waals surface area contributed by atoms with E-state index in [9.17, 15) is 0 Å². The summed E-state index contributed by atoms with van der Waals surface area (Å²) < 4.78 is 0. The van der Waals surface area contributed by atoms with Crippen LogP contribution in [0.5, 0.6) is 0 Å². The van der Waals surface area contributed by atoms with Gasteiger partial charge in [-0.15, -0.1) is 0 Å². The lowest BCUT2D eigenvalue weighted by molar-refractivity contribution is 0.215. The van der Waals surface area contributed by atoms with Crippen LogP contribution in [0.25, 0.3) is 0 Å². The SMILES string of the molecule is C=C(C)CN1CCCNC(C2CCCCC2)C1. The van der Waals surface area contributed by atoms with Gasteiger partial charge in [0.05, 0.1) is 0 Å². The van der Waals surface area contributed by atoms with Gasteiger partial charge in [-0.25, -0.2) is 0 Å². The lowest BCUT2D eigenvalue weighted by Gasteiger charge is -2.33. The van der Waals surface area contributed by atoms with Gasteiger partial charge in [-0.05, 0) is 45.2 Å². The molecule has 17 heavy (non-hydrogen) atoms. The van der Waals surface area contributed by atoms with Gasteiger partial charge in [-0.1, -0.05) is 31.4 Å². The van der Waals surface area contributed by atoms with Crippen LogP contribution >= 0.6 is 0 Å². The Balaban J connectivity index is 1.88. The molecule has 0 aromatic rings. The zero-order valence-electron chi connectivity index (χ0n) is 11.4. The minimum absolute atomic E-state index is 0.733. The molecule has 1 N–H and O–H groups in total. The summed E-state index contributed by atoms with van der Waals surface area (Å²) in [4.78, 5) is 2.60. The van der Waals surface area contributed by atoms with E-state index < -0.39 is 0 Å². The predicted octanol–water partition coefficient (Wildman–Crippen LogP) is 2.81. The fraction of sp³-hybridized carbons (Fsp3) is 0.867. The maximum atomic E-state index is 4.06. The molecule has 0 radical (unpaired) electrons. The molecule has 2 aliphatic rings. The number of nitrogens with zero attached hydrogens (tertiary/aromatic N) is 1. The van der Waals surface area contributed by atoms with E-state index in [1.165, 1.54) is 63.7 Å². The first-order chi connectivity index (χ1) is 8.25. The van der Waals surface area contributed by atoms with Crippen molar-refractivity contribution in [3.05, 3.63) is 12.2 Å². The van der Waals surface area contributed by atoms with E-state index in [-0.39, 0.29) is 0 Å². The summed E-state index contributed by atoms with van der Waals surface area (Å²) in [5, 5.41) is 3.78. The second-order valence-corrected chi connectivity index (χ2v) is 6.00. The Morgan fingerprint density at radius 1 is 1.24 bits per heavy atom. The second-order valence-electron chi connectivity index (χ2n) is 6.00. The molecule has 0 aromatic heterocycles. The van der Waals surface area contributed by atoms with Gasteiger partial charge < -0.3 is 5.32 Å². The van der Waals surface area contributed by atoms with Crippen LogP contribution in [0.3, 0.4) is 0 Å². The summed E-state index contributed by atoms with van der Waals surface area (Å²) in [5.74, 6) is 0.925. The van der Waals surface area contributed by atoms with E-state index in [0.29, 0.717) is 0 Å². The van der Waals surface area contributed by atoms with Crippen LogP contribution in [0.2, 0.25) is 0 Å². The molecular formula is C15H28N2. The summed E-state index contributed by atoms with van der Waals surface area (Å²) >= 11 is 0. The van der Waals surface area contributed by atoms with E-state index in [2.05, 4.69) is 23.7 Å². The number of hydrogen-bond donors (Lipinski definition) is 1. The quantitative estimate of drug-likeness (QED) is 0.758. The molecule has 0 bridgehead atoms. The molecule has 1 aliphatic carbocycles. The fourth-order valence-corrected chi connectivity index (χ4v) is 3.40. The third-order valence-corrected chi connectivity index (χ3v) is 4.22. The third-order valence-electron chi connectivity index (χ3n) is 4.22. The number of nitrogens with one attached hydrogen (secondary N) is 1. The molecule has 1 saturated heterocycles. The summed E-state index contributed by atoms with van der Waals surface area (Å²) in [6.07, 6.45) is 8.53. The molecule has 0 amide bonds. The van der Waals surface area contributed by atoms with Crippen LogP contribution in [0.15, 0.2) is 12.2 Å². The average molecular weight is 236 g/mol. The third kappa shape index (κ3) is 4.11. The summed E-state index contributed by atoms with van der Waals surface area (Å²) in [7, 11) is 0. The van der Waals surface area contributed by atoms with Crippen molar-refractivity contribution in [2.24, 2.45) is 5.92 Å². The lowest BCUT2D eigenvalue weighted by Crippen LogP contribution is -2.44. The second kappa shape index (κ2) is 6.55. The Bertz CT molecular complexity index is 243. The average Bonchev–Trinajstić information content (AvgIpc) is 2.55.